The molecule has 2 aliphatic heterocycles. The number of anilines is 1. The number of ketones is 1. The lowest BCUT2D eigenvalue weighted by atomic mass is 9.91. The molecule has 0 bridgehead atoms. The van der Waals surface area contributed by atoms with Crippen LogP contribution in [0.2, 0.25) is 0 Å². The number of Topliss-reactive ketones (excluding diaryl/α,β-unsaturated/α-hetero) is 1. The number of rotatable bonds is 6. The topological polar surface area (TPSA) is 146 Å². The highest BCUT2D eigenvalue weighted by molar-refractivity contribution is 7.91. The van der Waals surface area contributed by atoms with Crippen molar-refractivity contribution in [1.29, 1.82) is 0 Å². The van der Waals surface area contributed by atoms with Crippen LogP contribution in [0.15, 0.2) is 47.9 Å². The Morgan fingerprint density at radius 1 is 1.14 bits per heavy atom. The number of aromatic nitrogens is 1. The van der Waals surface area contributed by atoms with E-state index in [1.807, 2.05) is 47.9 Å². The molecule has 5 atom stereocenters. The molecule has 0 spiro atoms. The Bertz CT molecular complexity index is 1550. The highest BCUT2D eigenvalue weighted by Crippen LogP contribution is 2.57. The molecule has 2 amide bonds. The van der Waals surface area contributed by atoms with Crippen LogP contribution in [0.5, 0.6) is 0 Å². The molecule has 10 nitrogen and oxygen atoms in total. The van der Waals surface area contributed by atoms with Gasteiger partial charge in [-0.05, 0) is 51.4 Å². The summed E-state index contributed by atoms with van der Waals surface area (Å²) < 4.78 is 27.2. The number of nitrogens with one attached hydrogen (secondary N) is 2. The molecule has 236 valence electrons. The summed E-state index contributed by atoms with van der Waals surface area (Å²) in [5.74, 6) is -1.51. The smallest absolute Gasteiger partial charge is 0.245 e. The largest absolute Gasteiger partial charge is 0.391 e. The maximum absolute atomic E-state index is 14.1. The minimum absolute atomic E-state index is 0.0236. The molecule has 3 N–H and O–H groups in total. The average Bonchev–Trinajstić information content (AvgIpc) is 3.79. The third-order valence-electron chi connectivity index (χ3n) is 9.74. The van der Waals surface area contributed by atoms with E-state index in [0.29, 0.717) is 30.8 Å². The van der Waals surface area contributed by atoms with Gasteiger partial charge in [-0.1, -0.05) is 55.3 Å². The first-order valence-corrected chi connectivity index (χ1v) is 17.9. The number of sulfonamides is 1. The Labute approximate surface area is 262 Å². The molecule has 2 aliphatic carbocycles. The van der Waals surface area contributed by atoms with Crippen LogP contribution in [-0.2, 0) is 24.4 Å². The van der Waals surface area contributed by atoms with Gasteiger partial charge in [0.25, 0.3) is 0 Å². The van der Waals surface area contributed by atoms with Crippen molar-refractivity contribution in [2.24, 2.45) is 11.3 Å². The van der Waals surface area contributed by atoms with Crippen LogP contribution in [-0.4, -0.2) is 70.5 Å². The van der Waals surface area contributed by atoms with Crippen LogP contribution in [0, 0.1) is 11.3 Å². The summed E-state index contributed by atoms with van der Waals surface area (Å²) >= 11 is 1.41. The first-order chi connectivity index (χ1) is 21.0. The van der Waals surface area contributed by atoms with Gasteiger partial charge in [0.2, 0.25) is 21.8 Å². The average molecular weight is 641 g/mol. The molecule has 44 heavy (non-hydrogen) atoms. The first-order valence-electron chi connectivity index (χ1n) is 15.5. The number of fused-ring (bicyclic) bond motifs is 2. The van der Waals surface area contributed by atoms with Gasteiger partial charge in [-0.15, -0.1) is 11.3 Å². The van der Waals surface area contributed by atoms with Gasteiger partial charge in [-0.25, -0.2) is 13.4 Å². The number of aliphatic hydroxyl groups is 1. The van der Waals surface area contributed by atoms with E-state index >= 15 is 0 Å². The molecule has 2 saturated carbocycles. The lowest BCUT2D eigenvalue weighted by Crippen LogP contribution is -2.49. The summed E-state index contributed by atoms with van der Waals surface area (Å²) in [5.41, 5.74) is 0.599. The quantitative estimate of drug-likeness (QED) is 0.401. The molecule has 3 fully saturated rings. The number of aliphatic hydroxyl groups excluding tert-OH is 1. The van der Waals surface area contributed by atoms with E-state index in [0.717, 1.165) is 36.9 Å². The van der Waals surface area contributed by atoms with E-state index in [4.69, 9.17) is 4.98 Å². The zero-order valence-electron chi connectivity index (χ0n) is 24.9. The molecular weight excluding hydrogens is 601 g/mol. The summed E-state index contributed by atoms with van der Waals surface area (Å²) in [6.45, 7) is 1.64. The minimum atomic E-state index is -3.87. The fourth-order valence-corrected chi connectivity index (χ4v) is 8.56. The number of allylic oxidation sites excluding steroid dienone is 2. The lowest BCUT2D eigenvalue weighted by Gasteiger charge is -2.29. The van der Waals surface area contributed by atoms with E-state index < -0.39 is 44.3 Å². The first kappa shape index (κ1) is 30.9. The third kappa shape index (κ3) is 6.21. The third-order valence-corrected chi connectivity index (χ3v) is 12.7. The van der Waals surface area contributed by atoms with Crippen LogP contribution in [0.3, 0.4) is 0 Å². The van der Waals surface area contributed by atoms with Gasteiger partial charge in [0.05, 0.1) is 28.0 Å². The summed E-state index contributed by atoms with van der Waals surface area (Å²) in [6, 6.07) is 8.25. The Balaban J connectivity index is 1.23. The van der Waals surface area contributed by atoms with Crippen molar-refractivity contribution in [1.82, 2.24) is 14.6 Å². The van der Waals surface area contributed by atoms with Crippen molar-refractivity contribution in [2.75, 3.05) is 11.9 Å². The minimum Gasteiger partial charge on any atom is -0.391 e. The fourth-order valence-electron chi connectivity index (χ4n) is 6.45. The molecule has 1 saturated heterocycles. The SMILES string of the molecule is CC1(S(=O)(=O)NC(=O)[C@]23CC(=O)[C@@H]4C[C@@H](O)CN4C(=O)[C@@H](Nc4nc(-c5ccccc5)cs4)CCCCC/C=C\[C@@H]2C3)CC1. The van der Waals surface area contributed by atoms with E-state index in [-0.39, 0.29) is 37.0 Å². The number of carbonyl (C=O) groups excluding carboxylic acids is 3. The molecule has 12 heteroatoms. The van der Waals surface area contributed by atoms with Crippen LogP contribution in [0.25, 0.3) is 11.3 Å². The van der Waals surface area contributed by atoms with E-state index in [9.17, 15) is 27.9 Å². The monoisotopic (exact) mass is 640 g/mol. The Hall–Kier alpha value is -3.09. The van der Waals surface area contributed by atoms with Crippen LogP contribution in [0.4, 0.5) is 5.13 Å². The number of thiazole rings is 1. The standard InChI is InChI=1S/C32H40N4O6S2/c1-31(14-15-31)44(41,42)35-29(40)32-17-22(32)12-8-3-2-4-9-13-24(28(39)36-19-23(37)16-26(36)27(38)18-32)33-30-34-25(20-43-30)21-10-6-5-7-11-21/h5-8,10-12,20,22-24,26,37H,2-4,9,13-19H2,1H3,(H,33,34)(H,35,40)/b12-8-/t22-,23-,24+,26+,32-/m1/s1. The molecular formula is C32H40N4O6S2. The number of benzene rings is 1. The van der Waals surface area contributed by atoms with Crippen molar-refractivity contribution >= 4 is 44.1 Å². The number of nitrogens with zero attached hydrogens (tertiary/aromatic N) is 2. The van der Waals surface area contributed by atoms with Crippen LogP contribution < -0.4 is 10.0 Å². The summed E-state index contributed by atoms with van der Waals surface area (Å²) in [7, 11) is -3.87. The highest BCUT2D eigenvalue weighted by atomic mass is 32.2. The second-order valence-electron chi connectivity index (χ2n) is 13.1. The summed E-state index contributed by atoms with van der Waals surface area (Å²) in [5, 5.41) is 16.5. The number of carbonyl (C=O) groups is 3. The van der Waals surface area contributed by atoms with Crippen LogP contribution in [0.1, 0.15) is 71.1 Å². The molecule has 1 aromatic carbocycles. The number of hydrogen-bond donors (Lipinski definition) is 3. The molecule has 0 radical (unpaired) electrons. The summed E-state index contributed by atoms with van der Waals surface area (Å²) in [6.07, 6.45) is 8.26. The lowest BCUT2D eigenvalue weighted by molar-refractivity contribution is -0.139. The van der Waals surface area contributed by atoms with Gasteiger partial charge in [-0.3, -0.25) is 19.1 Å². The Morgan fingerprint density at radius 2 is 1.91 bits per heavy atom. The van der Waals surface area contributed by atoms with Gasteiger partial charge in [0.15, 0.2) is 10.9 Å². The van der Waals surface area contributed by atoms with Gasteiger partial charge in [0.1, 0.15) is 6.04 Å². The normalized spacial score (nSPS) is 31.2. The van der Waals surface area contributed by atoms with Gasteiger partial charge in [-0.2, -0.15) is 0 Å². The van der Waals surface area contributed by atoms with Crippen molar-refractivity contribution in [3.8, 4) is 11.3 Å². The Kier molecular flexibility index (Phi) is 8.44. The molecule has 6 rings (SSSR count). The van der Waals surface area contributed by atoms with Crippen molar-refractivity contribution in [3.05, 3.63) is 47.9 Å². The maximum atomic E-state index is 14.1. The molecule has 2 aromatic rings. The molecule has 0 unspecified atom stereocenters. The summed E-state index contributed by atoms with van der Waals surface area (Å²) in [4.78, 5) is 47.6. The van der Waals surface area contributed by atoms with Crippen molar-refractivity contribution in [2.45, 2.75) is 94.1 Å². The maximum Gasteiger partial charge on any atom is 0.245 e. The predicted molar refractivity (Wildman–Crippen MR) is 168 cm³/mol. The van der Waals surface area contributed by atoms with Gasteiger partial charge >= 0.3 is 0 Å². The van der Waals surface area contributed by atoms with E-state index in [1.54, 1.807) is 6.92 Å². The number of hydrogen-bond acceptors (Lipinski definition) is 9. The highest BCUT2D eigenvalue weighted by Gasteiger charge is 2.62. The zero-order chi connectivity index (χ0) is 31.1. The number of amides is 2. The van der Waals surface area contributed by atoms with Gasteiger partial charge in [0, 0.05) is 30.3 Å². The van der Waals surface area contributed by atoms with Crippen LogP contribution >= 0.6 is 11.3 Å². The molecule has 4 aliphatic rings. The molecule has 1 aromatic heterocycles. The molecule has 3 heterocycles. The van der Waals surface area contributed by atoms with Crippen molar-refractivity contribution in [3.63, 3.8) is 0 Å². The zero-order valence-corrected chi connectivity index (χ0v) is 26.5. The Morgan fingerprint density at radius 3 is 2.66 bits per heavy atom. The second-order valence-corrected chi connectivity index (χ2v) is 16.1. The van der Waals surface area contributed by atoms with E-state index in [1.165, 1.54) is 16.2 Å². The van der Waals surface area contributed by atoms with Gasteiger partial charge < -0.3 is 15.3 Å². The predicted octanol–water partition coefficient (Wildman–Crippen LogP) is 4.04. The van der Waals surface area contributed by atoms with E-state index in [2.05, 4.69) is 10.0 Å². The fraction of sp³-hybridized carbons (Fsp3) is 0.562. The second kappa shape index (κ2) is 12.0. The van der Waals surface area contributed by atoms with Crippen molar-refractivity contribution < 1.29 is 27.9 Å².